The number of aliphatic hydroxyl groups excluding tert-OH is 2. The highest BCUT2D eigenvalue weighted by Crippen LogP contribution is 2.41. The van der Waals surface area contributed by atoms with E-state index in [4.69, 9.17) is 21.6 Å². The lowest BCUT2D eigenvalue weighted by Crippen LogP contribution is -2.04. The van der Waals surface area contributed by atoms with Gasteiger partial charge in [0.15, 0.2) is 0 Å². The van der Waals surface area contributed by atoms with Crippen LogP contribution >= 0.6 is 11.6 Å². The van der Waals surface area contributed by atoms with E-state index in [0.717, 1.165) is 33.3 Å². The third-order valence-corrected chi connectivity index (χ3v) is 9.08. The van der Waals surface area contributed by atoms with Crippen molar-refractivity contribution >= 4 is 67.9 Å². The molecule has 8 bridgehead atoms. The van der Waals surface area contributed by atoms with Crippen molar-refractivity contribution in [3.63, 3.8) is 0 Å². The predicted molar refractivity (Wildman–Crippen MR) is 176 cm³/mol. The number of aliphatic hydroxyl groups is 2. The quantitative estimate of drug-likeness (QED) is 0.169. The molecule has 0 fully saturated rings. The molecular formula is C34H37ClN4O6. The monoisotopic (exact) mass is 632 g/mol. The van der Waals surface area contributed by atoms with E-state index in [9.17, 15) is 30.0 Å². The summed E-state index contributed by atoms with van der Waals surface area (Å²) < 4.78 is 0. The highest BCUT2D eigenvalue weighted by Gasteiger charge is 2.28. The van der Waals surface area contributed by atoms with Gasteiger partial charge in [-0.15, -0.1) is 0 Å². The Morgan fingerprint density at radius 3 is 1.64 bits per heavy atom. The third kappa shape index (κ3) is 5.93. The molecule has 45 heavy (non-hydrogen) atoms. The number of hydrogen-bond donors (Lipinski definition) is 6. The largest absolute Gasteiger partial charge is 0.481 e. The maximum atomic E-state index is 11.6. The van der Waals surface area contributed by atoms with Crippen molar-refractivity contribution in [1.82, 2.24) is 19.9 Å². The number of halogens is 1. The summed E-state index contributed by atoms with van der Waals surface area (Å²) >= 11 is 7.05. The zero-order valence-electron chi connectivity index (χ0n) is 26.1. The lowest BCUT2D eigenvalue weighted by atomic mass is 9.99. The summed E-state index contributed by atoms with van der Waals surface area (Å²) in [6.45, 7) is 10.8. The van der Waals surface area contributed by atoms with Gasteiger partial charge in [-0.1, -0.05) is 11.6 Å². The fourth-order valence-corrected chi connectivity index (χ4v) is 6.69. The number of aromatic nitrogens is 4. The number of carboxylic acid groups (broad SMARTS) is 2. The maximum absolute atomic E-state index is 11.6. The first-order chi connectivity index (χ1) is 21.2. The molecule has 2 aliphatic rings. The molecule has 0 radical (unpaired) electrons. The summed E-state index contributed by atoms with van der Waals surface area (Å²) in [5.41, 5.74) is 10.6. The first-order valence-electron chi connectivity index (χ1n) is 14.8. The van der Waals surface area contributed by atoms with Crippen LogP contribution in [0.2, 0.25) is 5.02 Å². The Balaban J connectivity index is 2.00. The van der Waals surface area contributed by atoms with Gasteiger partial charge in [0.25, 0.3) is 0 Å². The molecule has 2 unspecified atom stereocenters. The topological polar surface area (TPSA) is 172 Å². The molecule has 0 saturated carbocycles. The lowest BCUT2D eigenvalue weighted by Gasteiger charge is -2.10. The minimum Gasteiger partial charge on any atom is -0.481 e. The number of carbonyl (C=O) groups is 2. The van der Waals surface area contributed by atoms with Crippen LogP contribution in [0.15, 0.2) is 18.2 Å². The number of nitrogens with zero attached hydrogens (tertiary/aromatic N) is 2. The van der Waals surface area contributed by atoms with E-state index in [-0.39, 0.29) is 30.7 Å². The van der Waals surface area contributed by atoms with E-state index in [2.05, 4.69) is 9.97 Å². The van der Waals surface area contributed by atoms with E-state index >= 15 is 0 Å². The molecule has 0 aliphatic carbocycles. The summed E-state index contributed by atoms with van der Waals surface area (Å²) in [7, 11) is 0. The molecule has 0 spiro atoms. The highest BCUT2D eigenvalue weighted by molar-refractivity contribution is 6.34. The Bertz CT molecular complexity index is 1980. The van der Waals surface area contributed by atoms with Crippen LogP contribution in [-0.4, -0.2) is 64.5 Å². The highest BCUT2D eigenvalue weighted by atomic mass is 35.5. The lowest BCUT2D eigenvalue weighted by molar-refractivity contribution is -0.138. The van der Waals surface area contributed by atoms with Gasteiger partial charge in [0, 0.05) is 46.1 Å². The van der Waals surface area contributed by atoms with Gasteiger partial charge in [-0.3, -0.25) is 9.59 Å². The summed E-state index contributed by atoms with van der Waals surface area (Å²) in [6, 6.07) is 5.57. The van der Waals surface area contributed by atoms with Crippen molar-refractivity contribution in [2.24, 2.45) is 0 Å². The fraction of sp³-hybridized carbons (Fsp3) is 0.353. The number of carboxylic acids is 2. The van der Waals surface area contributed by atoms with Crippen LogP contribution in [0.4, 0.5) is 0 Å². The molecule has 0 aromatic carbocycles. The first-order valence-corrected chi connectivity index (χ1v) is 15.2. The normalized spacial score (nSPS) is 14.7. The number of H-pyrrole nitrogens is 2. The average Bonchev–Trinajstić information content (AvgIpc) is 3.63. The molecular weight excluding hydrogens is 596 g/mol. The van der Waals surface area contributed by atoms with E-state index in [0.29, 0.717) is 56.0 Å². The van der Waals surface area contributed by atoms with Crippen LogP contribution in [0.3, 0.4) is 0 Å². The molecule has 5 rings (SSSR count). The molecule has 11 heteroatoms. The third-order valence-electron chi connectivity index (χ3n) is 8.73. The van der Waals surface area contributed by atoms with Crippen molar-refractivity contribution in [2.45, 2.75) is 79.4 Å². The minimum absolute atomic E-state index is 0.0750. The van der Waals surface area contributed by atoms with Crippen LogP contribution in [0.1, 0.15) is 85.6 Å². The van der Waals surface area contributed by atoms with Crippen molar-refractivity contribution in [2.75, 3.05) is 0 Å². The summed E-state index contributed by atoms with van der Waals surface area (Å²) in [5.74, 6) is -1.84. The van der Waals surface area contributed by atoms with Gasteiger partial charge in [-0.05, 0) is 106 Å². The number of aryl methyl sites for hydroxylation is 4. The van der Waals surface area contributed by atoms with Crippen LogP contribution < -0.4 is 0 Å². The SMILES string of the molecule is CC1=C(C(C)O)c2nc1cc1[nH]c(cc3[nH]c(cc4nc(c2Cl)C(C)=C4C(C)O)c(C)c3CCC(=O)O)c(CCC(=O)O)c1C. The molecule has 0 saturated heterocycles. The molecule has 2 atom stereocenters. The second-order valence-corrected chi connectivity index (χ2v) is 12.1. The van der Waals surface area contributed by atoms with Gasteiger partial charge in [-0.2, -0.15) is 0 Å². The standard InChI is InChI=1S/C34H37ClN4O6/c1-14-20(7-9-28(42)43)25-13-26-21(8-10-29(44)45)15(2)23(37-26)12-27-30(18(5)40)17(4)33(39-27)32(35)34-31(19(6)41)16(3)24(38-34)11-22(14)36-25/h11-13,18-19,36-37,40-41H,7-10H2,1-6H3,(H,42,43)(H,44,45). The Kier molecular flexibility index (Phi) is 8.77. The second-order valence-electron chi connectivity index (χ2n) is 11.8. The van der Waals surface area contributed by atoms with Gasteiger partial charge < -0.3 is 30.4 Å². The van der Waals surface area contributed by atoms with Gasteiger partial charge in [0.05, 0.1) is 40.0 Å². The number of nitrogens with one attached hydrogen (secondary N) is 2. The number of fused-ring (bicyclic) bond motifs is 8. The van der Waals surface area contributed by atoms with Gasteiger partial charge in [0.2, 0.25) is 0 Å². The van der Waals surface area contributed by atoms with E-state index in [1.165, 1.54) is 0 Å². The Morgan fingerprint density at radius 2 is 1.18 bits per heavy atom. The first kappa shape index (κ1) is 32.2. The number of allylic oxidation sites excluding steroid dienone is 2. The van der Waals surface area contributed by atoms with Crippen molar-refractivity contribution in [3.8, 4) is 0 Å². The minimum atomic E-state index is -0.923. The summed E-state index contributed by atoms with van der Waals surface area (Å²) in [6.07, 6.45) is -1.37. The fourth-order valence-electron chi connectivity index (χ4n) is 6.37. The van der Waals surface area contributed by atoms with E-state index in [1.807, 2.05) is 45.9 Å². The summed E-state index contributed by atoms with van der Waals surface area (Å²) in [4.78, 5) is 39.8. The van der Waals surface area contributed by atoms with Crippen LogP contribution in [0.5, 0.6) is 0 Å². The van der Waals surface area contributed by atoms with Gasteiger partial charge in [0.1, 0.15) is 0 Å². The van der Waals surface area contributed by atoms with E-state index < -0.39 is 24.1 Å². The molecule has 0 amide bonds. The molecule has 5 heterocycles. The van der Waals surface area contributed by atoms with Gasteiger partial charge in [-0.25, -0.2) is 9.97 Å². The molecule has 236 valence electrons. The number of hydrogen-bond acceptors (Lipinski definition) is 6. The van der Waals surface area contributed by atoms with Crippen molar-refractivity contribution in [1.29, 1.82) is 0 Å². The van der Waals surface area contributed by atoms with Crippen LogP contribution in [0, 0.1) is 13.8 Å². The van der Waals surface area contributed by atoms with Crippen LogP contribution in [-0.2, 0) is 22.4 Å². The van der Waals surface area contributed by atoms with Crippen molar-refractivity contribution < 1.29 is 30.0 Å². The van der Waals surface area contributed by atoms with Crippen LogP contribution in [0.25, 0.3) is 44.4 Å². The van der Waals surface area contributed by atoms with E-state index in [1.54, 1.807) is 13.8 Å². The Morgan fingerprint density at radius 1 is 0.711 bits per heavy atom. The predicted octanol–water partition coefficient (Wildman–Crippen LogP) is 6.24. The average molecular weight is 633 g/mol. The molecule has 3 aromatic rings. The Hall–Kier alpha value is -4.25. The molecule has 10 nitrogen and oxygen atoms in total. The molecule has 2 aliphatic heterocycles. The number of aliphatic carboxylic acids is 2. The molecule has 6 N–H and O–H groups in total. The maximum Gasteiger partial charge on any atom is 0.303 e. The smallest absolute Gasteiger partial charge is 0.303 e. The molecule has 3 aromatic heterocycles. The Labute approximate surface area is 265 Å². The van der Waals surface area contributed by atoms with Gasteiger partial charge >= 0.3 is 11.9 Å². The zero-order valence-corrected chi connectivity index (χ0v) is 26.8. The van der Waals surface area contributed by atoms with Crippen molar-refractivity contribution in [3.05, 3.63) is 68.3 Å². The second kappa shape index (κ2) is 12.3. The number of aromatic amines is 2. The summed E-state index contributed by atoms with van der Waals surface area (Å²) in [5, 5.41) is 40.9. The number of rotatable bonds is 8. The zero-order chi connectivity index (χ0) is 32.9.